The Hall–Kier alpha value is -2.32. The number of fused-ring (bicyclic) bond motifs is 1. The van der Waals surface area contributed by atoms with Crippen LogP contribution in [0.3, 0.4) is 0 Å². The van der Waals surface area contributed by atoms with Crippen molar-refractivity contribution >= 4 is 44.2 Å². The molecule has 7 nitrogen and oxygen atoms in total. The largest absolute Gasteiger partial charge is 0.444 e. The molecule has 2 aromatic rings. The maximum atomic E-state index is 13.4. The lowest BCUT2D eigenvalue weighted by molar-refractivity contribution is -0.140. The number of sulfone groups is 1. The molecule has 0 bridgehead atoms. The van der Waals surface area contributed by atoms with Gasteiger partial charge in [-0.05, 0) is 68.7 Å². The molecule has 0 unspecified atom stereocenters. The van der Waals surface area contributed by atoms with E-state index in [1.165, 1.54) is 0 Å². The number of hydrogen-bond acceptors (Lipinski definition) is 5. The zero-order valence-corrected chi connectivity index (χ0v) is 22.9. The summed E-state index contributed by atoms with van der Waals surface area (Å²) in [7, 11) is -2.00. The average molecular weight is 523 g/mol. The van der Waals surface area contributed by atoms with Gasteiger partial charge in [0.2, 0.25) is 5.91 Å². The van der Waals surface area contributed by atoms with E-state index in [1.54, 1.807) is 67.1 Å². The summed E-state index contributed by atoms with van der Waals surface area (Å²) in [5, 5.41) is 2.21. The van der Waals surface area contributed by atoms with Gasteiger partial charge in [0.05, 0.1) is 16.1 Å². The fourth-order valence-corrected chi connectivity index (χ4v) is 6.42. The Kier molecular flexibility index (Phi) is 7.77. The standard InChI is InChI=1S/C26H35ClN2O5S/c1-25(2,3)34-24(31)29-13-11-21(12-14-29)28(6)23(30)26(4,5)17-35(32,33)22-10-8-18-15-20(27)9-7-19(18)16-22/h7-10,15-16,21H,11-14,17H2,1-6H3. The number of halogens is 1. The zero-order chi connectivity index (χ0) is 26.2. The monoisotopic (exact) mass is 522 g/mol. The normalized spacial score (nSPS) is 15.8. The number of likely N-dealkylation sites (tertiary alicyclic amines) is 1. The maximum absolute atomic E-state index is 13.4. The molecule has 35 heavy (non-hydrogen) atoms. The Balaban J connectivity index is 1.66. The summed E-state index contributed by atoms with van der Waals surface area (Å²) < 4.78 is 31.9. The topological polar surface area (TPSA) is 84.0 Å². The average Bonchev–Trinajstić information content (AvgIpc) is 2.76. The summed E-state index contributed by atoms with van der Waals surface area (Å²) in [6, 6.07) is 10.1. The molecule has 1 aliphatic heterocycles. The van der Waals surface area contributed by atoms with Gasteiger partial charge in [-0.15, -0.1) is 0 Å². The molecule has 192 valence electrons. The van der Waals surface area contributed by atoms with E-state index in [4.69, 9.17) is 16.3 Å². The van der Waals surface area contributed by atoms with Crippen molar-refractivity contribution in [3.8, 4) is 0 Å². The van der Waals surface area contributed by atoms with Crippen LogP contribution >= 0.6 is 11.6 Å². The van der Waals surface area contributed by atoms with Crippen molar-refractivity contribution in [2.24, 2.45) is 5.41 Å². The van der Waals surface area contributed by atoms with Gasteiger partial charge in [0.25, 0.3) is 0 Å². The summed E-state index contributed by atoms with van der Waals surface area (Å²) in [5.74, 6) is -0.539. The first-order valence-corrected chi connectivity index (χ1v) is 13.8. The van der Waals surface area contributed by atoms with Crippen molar-refractivity contribution in [3.05, 3.63) is 41.4 Å². The Morgan fingerprint density at radius 2 is 1.60 bits per heavy atom. The second kappa shape index (κ2) is 9.97. The predicted molar refractivity (Wildman–Crippen MR) is 138 cm³/mol. The molecule has 0 aliphatic carbocycles. The van der Waals surface area contributed by atoms with E-state index >= 15 is 0 Å². The molecule has 3 rings (SSSR count). The van der Waals surface area contributed by atoms with Crippen LogP contribution in [-0.2, 0) is 19.4 Å². The van der Waals surface area contributed by atoms with Crippen LogP contribution in [0.2, 0.25) is 5.02 Å². The van der Waals surface area contributed by atoms with Crippen LogP contribution in [0.25, 0.3) is 10.8 Å². The van der Waals surface area contributed by atoms with E-state index in [2.05, 4.69) is 0 Å². The van der Waals surface area contributed by atoms with Crippen molar-refractivity contribution in [1.29, 1.82) is 0 Å². The van der Waals surface area contributed by atoms with Gasteiger partial charge < -0.3 is 14.5 Å². The molecule has 2 aromatic carbocycles. The number of nitrogens with zero attached hydrogens (tertiary/aromatic N) is 2. The number of amides is 2. The van der Waals surface area contributed by atoms with E-state index in [-0.39, 0.29) is 28.7 Å². The molecule has 0 aromatic heterocycles. The number of carbonyl (C=O) groups excluding carboxylic acids is 2. The molecule has 1 aliphatic rings. The first-order valence-electron chi connectivity index (χ1n) is 11.8. The van der Waals surface area contributed by atoms with Crippen molar-refractivity contribution < 1.29 is 22.7 Å². The minimum absolute atomic E-state index is 0.0754. The van der Waals surface area contributed by atoms with Crippen molar-refractivity contribution in [1.82, 2.24) is 9.80 Å². The fourth-order valence-electron chi connectivity index (χ4n) is 4.41. The molecular formula is C26H35ClN2O5S. The second-order valence-electron chi connectivity index (χ2n) is 10.9. The third kappa shape index (κ3) is 6.67. The summed E-state index contributed by atoms with van der Waals surface area (Å²) in [6.07, 6.45) is 0.865. The summed E-state index contributed by atoms with van der Waals surface area (Å²) >= 11 is 6.03. The first-order chi connectivity index (χ1) is 16.1. The first kappa shape index (κ1) is 27.3. The van der Waals surface area contributed by atoms with Gasteiger partial charge in [0.1, 0.15) is 5.60 Å². The van der Waals surface area contributed by atoms with E-state index in [9.17, 15) is 18.0 Å². The van der Waals surface area contributed by atoms with Crippen LogP contribution in [0.15, 0.2) is 41.3 Å². The lowest BCUT2D eigenvalue weighted by atomic mass is 9.92. The molecule has 1 saturated heterocycles. The van der Waals surface area contributed by atoms with Gasteiger partial charge in [0, 0.05) is 31.2 Å². The number of piperidine rings is 1. The molecular weight excluding hydrogens is 488 g/mol. The van der Waals surface area contributed by atoms with Crippen molar-refractivity contribution in [3.63, 3.8) is 0 Å². The van der Waals surface area contributed by atoms with Crippen LogP contribution in [0.5, 0.6) is 0 Å². The van der Waals surface area contributed by atoms with Crippen LogP contribution in [0.4, 0.5) is 4.79 Å². The number of hydrogen-bond donors (Lipinski definition) is 0. The smallest absolute Gasteiger partial charge is 0.410 e. The quantitative estimate of drug-likeness (QED) is 0.542. The summed E-state index contributed by atoms with van der Waals surface area (Å²) in [4.78, 5) is 29.2. The third-order valence-electron chi connectivity index (χ3n) is 6.25. The summed E-state index contributed by atoms with van der Waals surface area (Å²) in [5.41, 5.74) is -1.68. The highest BCUT2D eigenvalue weighted by atomic mass is 35.5. The molecule has 9 heteroatoms. The zero-order valence-electron chi connectivity index (χ0n) is 21.3. The molecule has 0 atom stereocenters. The van der Waals surface area contributed by atoms with Gasteiger partial charge >= 0.3 is 6.09 Å². The van der Waals surface area contributed by atoms with Gasteiger partial charge in [-0.3, -0.25) is 4.79 Å². The molecule has 1 fully saturated rings. The van der Waals surface area contributed by atoms with Crippen molar-refractivity contribution in [2.75, 3.05) is 25.9 Å². The number of ether oxygens (including phenoxy) is 1. The van der Waals surface area contributed by atoms with Crippen LogP contribution in [0.1, 0.15) is 47.5 Å². The van der Waals surface area contributed by atoms with E-state index < -0.39 is 20.9 Å². The Morgan fingerprint density at radius 1 is 1.03 bits per heavy atom. The predicted octanol–water partition coefficient (Wildman–Crippen LogP) is 5.15. The van der Waals surface area contributed by atoms with E-state index in [0.29, 0.717) is 31.0 Å². The van der Waals surface area contributed by atoms with Gasteiger partial charge in [-0.25, -0.2) is 13.2 Å². The fraction of sp³-hybridized carbons (Fsp3) is 0.538. The van der Waals surface area contributed by atoms with Crippen molar-refractivity contribution in [2.45, 2.75) is 64.0 Å². The highest BCUT2D eigenvalue weighted by molar-refractivity contribution is 7.91. The lowest BCUT2D eigenvalue weighted by Crippen LogP contribution is -2.51. The SMILES string of the molecule is CN(C(=O)C(C)(C)CS(=O)(=O)c1ccc2cc(Cl)ccc2c1)C1CCN(C(=O)OC(C)(C)C)CC1. The Morgan fingerprint density at radius 3 is 2.20 bits per heavy atom. The van der Waals surface area contributed by atoms with Crippen LogP contribution in [0, 0.1) is 5.41 Å². The van der Waals surface area contributed by atoms with Crippen LogP contribution < -0.4 is 0 Å². The minimum Gasteiger partial charge on any atom is -0.444 e. The molecule has 0 saturated carbocycles. The number of carbonyl (C=O) groups is 2. The number of benzene rings is 2. The maximum Gasteiger partial charge on any atom is 0.410 e. The lowest BCUT2D eigenvalue weighted by Gasteiger charge is -2.39. The molecule has 0 spiro atoms. The minimum atomic E-state index is -3.72. The van der Waals surface area contributed by atoms with E-state index in [0.717, 1.165) is 10.8 Å². The number of rotatable bonds is 5. The second-order valence-corrected chi connectivity index (χ2v) is 13.3. The van der Waals surface area contributed by atoms with E-state index in [1.807, 2.05) is 20.8 Å². The molecule has 2 amide bonds. The van der Waals surface area contributed by atoms with Crippen LogP contribution in [-0.4, -0.2) is 67.8 Å². The molecule has 0 N–H and O–H groups in total. The Bertz CT molecular complexity index is 1210. The third-order valence-corrected chi connectivity index (χ3v) is 8.56. The molecule has 0 radical (unpaired) electrons. The highest BCUT2D eigenvalue weighted by Gasteiger charge is 2.39. The highest BCUT2D eigenvalue weighted by Crippen LogP contribution is 2.30. The Labute approximate surface area is 213 Å². The van der Waals surface area contributed by atoms with Gasteiger partial charge in [-0.2, -0.15) is 0 Å². The van der Waals surface area contributed by atoms with Gasteiger partial charge in [0.15, 0.2) is 9.84 Å². The van der Waals surface area contributed by atoms with Gasteiger partial charge in [-0.1, -0.05) is 37.6 Å². The molecule has 1 heterocycles. The summed E-state index contributed by atoms with van der Waals surface area (Å²) in [6.45, 7) is 9.78.